The summed E-state index contributed by atoms with van der Waals surface area (Å²) in [6.07, 6.45) is 5.56. The average molecular weight is 309 g/mol. The maximum Gasteiger partial charge on any atom is 0.271 e. The Morgan fingerprint density at radius 1 is 1.33 bits per heavy atom. The third kappa shape index (κ3) is 3.10. The van der Waals surface area contributed by atoms with Gasteiger partial charge in [-0.25, -0.2) is 4.98 Å². The van der Waals surface area contributed by atoms with Crippen molar-refractivity contribution in [2.24, 2.45) is 0 Å². The summed E-state index contributed by atoms with van der Waals surface area (Å²) in [5.74, 6) is 0.628. The van der Waals surface area contributed by atoms with Gasteiger partial charge in [-0.2, -0.15) is 0 Å². The van der Waals surface area contributed by atoms with Crippen molar-refractivity contribution in [3.8, 4) is 0 Å². The lowest BCUT2D eigenvalue weighted by atomic mass is 10.1. The maximum absolute atomic E-state index is 10.8. The van der Waals surface area contributed by atoms with Crippen molar-refractivity contribution in [2.75, 3.05) is 5.32 Å². The van der Waals surface area contributed by atoms with Crippen molar-refractivity contribution in [2.45, 2.75) is 43.5 Å². The summed E-state index contributed by atoms with van der Waals surface area (Å²) >= 11 is 6.41. The second-order valence-corrected chi connectivity index (χ2v) is 6.01. The van der Waals surface area contributed by atoms with Crippen LogP contribution in [0.3, 0.4) is 0 Å². The maximum atomic E-state index is 10.8. The van der Waals surface area contributed by atoms with Crippen LogP contribution in [0.1, 0.15) is 32.1 Å². The molecule has 1 aliphatic carbocycles. The predicted octanol–water partition coefficient (Wildman–Crippen LogP) is 3.82. The average Bonchev–Trinajstić information content (AvgIpc) is 2.75. The molecule has 1 fully saturated rings. The number of hydrogen-bond donors (Lipinski definition) is 2. The highest BCUT2D eigenvalue weighted by Gasteiger charge is 2.22. The fraction of sp³-hybridized carbons (Fsp3) is 0.500. The van der Waals surface area contributed by atoms with E-state index < -0.39 is 4.92 Å². The Labute approximate surface area is 127 Å². The van der Waals surface area contributed by atoms with Gasteiger partial charge in [-0.15, -0.1) is 11.6 Å². The number of non-ortho nitro benzene ring substituents is 1. The summed E-state index contributed by atoms with van der Waals surface area (Å²) in [7, 11) is 0. The molecule has 1 saturated carbocycles. The molecule has 0 radical (unpaired) electrons. The molecular weight excluding hydrogens is 292 g/mol. The highest BCUT2D eigenvalue weighted by Crippen LogP contribution is 2.26. The largest absolute Gasteiger partial charge is 0.352 e. The van der Waals surface area contributed by atoms with Crippen molar-refractivity contribution in [1.82, 2.24) is 9.97 Å². The van der Waals surface area contributed by atoms with Crippen molar-refractivity contribution >= 4 is 34.3 Å². The van der Waals surface area contributed by atoms with E-state index >= 15 is 0 Å². The van der Waals surface area contributed by atoms with Crippen molar-refractivity contribution < 1.29 is 4.92 Å². The van der Waals surface area contributed by atoms with Gasteiger partial charge in [-0.05, 0) is 18.9 Å². The number of fused-ring (bicyclic) bond motifs is 1. The molecule has 2 N–H and O–H groups in total. The van der Waals surface area contributed by atoms with Crippen LogP contribution in [0.5, 0.6) is 0 Å². The van der Waals surface area contributed by atoms with Crippen LogP contribution in [0.25, 0.3) is 11.0 Å². The number of aromatic nitrogens is 2. The standard InChI is InChI=1S/C14H17ClN4O2/c15-10-4-2-1-3-5-11(10)16-14-17-12-7-6-9(19(20)21)8-13(12)18-14/h6-8,10-11H,1-5H2,(H2,16,17,18). The number of anilines is 1. The Kier molecular flexibility index (Phi) is 3.96. The summed E-state index contributed by atoms with van der Waals surface area (Å²) in [5.41, 5.74) is 1.43. The Morgan fingerprint density at radius 3 is 2.95 bits per heavy atom. The summed E-state index contributed by atoms with van der Waals surface area (Å²) < 4.78 is 0. The van der Waals surface area contributed by atoms with Crippen LogP contribution in [-0.4, -0.2) is 26.3 Å². The molecule has 2 unspecified atom stereocenters. The van der Waals surface area contributed by atoms with E-state index in [0.29, 0.717) is 17.0 Å². The van der Waals surface area contributed by atoms with Crippen LogP contribution < -0.4 is 5.32 Å². The SMILES string of the molecule is O=[N+]([O-])c1ccc2nc(NC3CCCCCC3Cl)[nH]c2c1. The lowest BCUT2D eigenvalue weighted by molar-refractivity contribution is -0.384. The number of nitro benzene ring substituents is 1. The number of halogens is 1. The van der Waals surface area contributed by atoms with E-state index in [4.69, 9.17) is 11.6 Å². The molecule has 0 bridgehead atoms. The van der Waals surface area contributed by atoms with Gasteiger partial charge in [0.05, 0.1) is 21.3 Å². The van der Waals surface area contributed by atoms with Gasteiger partial charge in [-0.1, -0.05) is 19.3 Å². The minimum absolute atomic E-state index is 0.0578. The molecule has 0 amide bonds. The van der Waals surface area contributed by atoms with Crippen molar-refractivity contribution in [3.05, 3.63) is 28.3 Å². The van der Waals surface area contributed by atoms with E-state index in [2.05, 4.69) is 15.3 Å². The van der Waals surface area contributed by atoms with Crippen LogP contribution in [0, 0.1) is 10.1 Å². The number of nitrogens with one attached hydrogen (secondary N) is 2. The number of aromatic amines is 1. The van der Waals surface area contributed by atoms with Gasteiger partial charge in [0, 0.05) is 18.2 Å². The van der Waals surface area contributed by atoms with E-state index in [9.17, 15) is 10.1 Å². The summed E-state index contributed by atoms with van der Waals surface area (Å²) in [4.78, 5) is 17.9. The zero-order valence-electron chi connectivity index (χ0n) is 11.5. The molecular formula is C14H17ClN4O2. The van der Waals surface area contributed by atoms with Gasteiger partial charge in [0.1, 0.15) is 0 Å². The first-order chi connectivity index (χ1) is 10.1. The molecule has 112 valence electrons. The van der Waals surface area contributed by atoms with Crippen LogP contribution in [0.2, 0.25) is 0 Å². The minimum atomic E-state index is -0.409. The van der Waals surface area contributed by atoms with E-state index in [1.807, 2.05) is 0 Å². The van der Waals surface area contributed by atoms with Gasteiger partial charge < -0.3 is 10.3 Å². The first kappa shape index (κ1) is 14.1. The monoisotopic (exact) mass is 308 g/mol. The number of H-pyrrole nitrogens is 1. The van der Waals surface area contributed by atoms with Crippen LogP contribution in [0.15, 0.2) is 18.2 Å². The summed E-state index contributed by atoms with van der Waals surface area (Å²) in [6, 6.07) is 4.80. The number of nitrogens with zero attached hydrogens (tertiary/aromatic N) is 2. The molecule has 1 aliphatic rings. The zero-order valence-corrected chi connectivity index (χ0v) is 12.3. The quantitative estimate of drug-likeness (QED) is 0.391. The first-order valence-corrected chi connectivity index (χ1v) is 7.62. The van der Waals surface area contributed by atoms with Gasteiger partial charge >= 0.3 is 0 Å². The van der Waals surface area contributed by atoms with Gasteiger partial charge in [0.25, 0.3) is 5.69 Å². The molecule has 7 heteroatoms. The number of nitro groups is 1. The van der Waals surface area contributed by atoms with Crippen LogP contribution in [-0.2, 0) is 0 Å². The fourth-order valence-electron chi connectivity index (χ4n) is 2.78. The minimum Gasteiger partial charge on any atom is -0.352 e. The van der Waals surface area contributed by atoms with Gasteiger partial charge in [0.15, 0.2) is 0 Å². The first-order valence-electron chi connectivity index (χ1n) is 7.18. The van der Waals surface area contributed by atoms with Crippen molar-refractivity contribution in [1.29, 1.82) is 0 Å². The van der Waals surface area contributed by atoms with Crippen molar-refractivity contribution in [3.63, 3.8) is 0 Å². The van der Waals surface area contributed by atoms with E-state index in [-0.39, 0.29) is 17.1 Å². The number of rotatable bonds is 3. The second-order valence-electron chi connectivity index (χ2n) is 5.45. The van der Waals surface area contributed by atoms with E-state index in [0.717, 1.165) is 19.3 Å². The molecule has 3 rings (SSSR count). The summed E-state index contributed by atoms with van der Waals surface area (Å²) in [6.45, 7) is 0. The molecule has 0 saturated heterocycles. The third-order valence-corrected chi connectivity index (χ3v) is 4.45. The second kappa shape index (κ2) is 5.89. The molecule has 1 aromatic heterocycles. The highest BCUT2D eigenvalue weighted by molar-refractivity contribution is 6.21. The lowest BCUT2D eigenvalue weighted by Crippen LogP contribution is -2.29. The van der Waals surface area contributed by atoms with Gasteiger partial charge in [-0.3, -0.25) is 10.1 Å². The Hall–Kier alpha value is -1.82. The number of hydrogen-bond acceptors (Lipinski definition) is 4. The van der Waals surface area contributed by atoms with E-state index in [1.54, 1.807) is 6.07 Å². The molecule has 2 aromatic rings. The lowest BCUT2D eigenvalue weighted by Gasteiger charge is -2.20. The topological polar surface area (TPSA) is 83.8 Å². The Balaban J connectivity index is 1.82. The van der Waals surface area contributed by atoms with E-state index in [1.165, 1.54) is 25.0 Å². The number of alkyl halides is 1. The third-order valence-electron chi connectivity index (χ3n) is 3.93. The van der Waals surface area contributed by atoms with Gasteiger partial charge in [0.2, 0.25) is 5.95 Å². The molecule has 6 nitrogen and oxygen atoms in total. The fourth-order valence-corrected chi connectivity index (χ4v) is 3.12. The van der Waals surface area contributed by atoms with Crippen LogP contribution in [0.4, 0.5) is 11.6 Å². The summed E-state index contributed by atoms with van der Waals surface area (Å²) in [5, 5.41) is 14.2. The molecule has 0 spiro atoms. The Morgan fingerprint density at radius 2 is 2.14 bits per heavy atom. The molecule has 21 heavy (non-hydrogen) atoms. The molecule has 0 aliphatic heterocycles. The molecule has 1 aromatic carbocycles. The number of imidazole rings is 1. The highest BCUT2D eigenvalue weighted by atomic mass is 35.5. The smallest absolute Gasteiger partial charge is 0.271 e. The zero-order chi connectivity index (χ0) is 14.8. The Bertz CT molecular complexity index is 657. The normalized spacial score (nSPS) is 22.9. The molecule has 2 atom stereocenters. The molecule has 1 heterocycles. The predicted molar refractivity (Wildman–Crippen MR) is 82.9 cm³/mol. The van der Waals surface area contributed by atoms with Crippen LogP contribution >= 0.6 is 11.6 Å². The number of benzene rings is 1.